The highest BCUT2D eigenvalue weighted by Crippen LogP contribution is 2.41. The van der Waals surface area contributed by atoms with E-state index in [1.54, 1.807) is 31.5 Å². The highest BCUT2D eigenvalue weighted by molar-refractivity contribution is 7.93. The monoisotopic (exact) mass is 588 g/mol. The van der Waals surface area contributed by atoms with Crippen LogP contribution in [-0.2, 0) is 10.0 Å². The number of carboxylic acid groups (broad SMARTS) is 1. The predicted octanol–water partition coefficient (Wildman–Crippen LogP) is 5.28. The third kappa shape index (κ3) is 5.18. The largest absolute Gasteiger partial charge is 0.465 e. The molecule has 4 heterocycles. The number of piperidine rings is 1. The molecule has 1 amide bonds. The van der Waals surface area contributed by atoms with Crippen molar-refractivity contribution in [2.45, 2.75) is 44.4 Å². The number of anilines is 2. The molecule has 2 atom stereocenters. The zero-order chi connectivity index (χ0) is 29.4. The third-order valence-electron chi connectivity index (χ3n) is 7.94. The first-order chi connectivity index (χ1) is 20.2. The van der Waals surface area contributed by atoms with Gasteiger partial charge in [0.1, 0.15) is 5.75 Å². The predicted molar refractivity (Wildman–Crippen MR) is 161 cm³/mol. The zero-order valence-corrected chi connectivity index (χ0v) is 24.2. The SMILES string of the molecule is Cc1ccc2c(N3CCC(C)S3(=O)=O)cccc2c1Oc1ncccc1-c1ccnc(NC2CCCN(C(=O)O)C2)n1. The Morgan fingerprint density at radius 2 is 1.88 bits per heavy atom. The number of ether oxygens (including phenoxy) is 1. The van der Waals surface area contributed by atoms with Crippen LogP contribution in [0.4, 0.5) is 16.4 Å². The Morgan fingerprint density at radius 1 is 1.02 bits per heavy atom. The molecule has 2 N–H and O–H groups in total. The minimum Gasteiger partial charge on any atom is -0.465 e. The number of benzene rings is 2. The Morgan fingerprint density at radius 3 is 2.67 bits per heavy atom. The Kier molecular flexibility index (Phi) is 7.31. The number of likely N-dealkylation sites (tertiary alicyclic amines) is 1. The van der Waals surface area contributed by atoms with Gasteiger partial charge in [-0.25, -0.2) is 28.2 Å². The molecule has 42 heavy (non-hydrogen) atoms. The fraction of sp³-hybridized carbons (Fsp3) is 0.333. The molecule has 0 saturated carbocycles. The van der Waals surface area contributed by atoms with Gasteiger partial charge >= 0.3 is 6.09 Å². The van der Waals surface area contributed by atoms with Gasteiger partial charge in [-0.05, 0) is 62.9 Å². The van der Waals surface area contributed by atoms with E-state index in [9.17, 15) is 18.3 Å². The second kappa shape index (κ2) is 11.1. The van der Waals surface area contributed by atoms with E-state index in [-0.39, 0.29) is 6.04 Å². The molecule has 0 radical (unpaired) electrons. The van der Waals surface area contributed by atoms with Crippen LogP contribution in [0.15, 0.2) is 60.9 Å². The number of carbonyl (C=O) groups is 1. The molecule has 218 valence electrons. The van der Waals surface area contributed by atoms with E-state index in [1.807, 2.05) is 43.3 Å². The zero-order valence-electron chi connectivity index (χ0n) is 23.4. The number of sulfonamides is 1. The standard InChI is InChI=1S/C30H32N6O5S/c1-19-10-11-22-23(7-3-9-26(22)36-17-13-20(2)42(36,39)40)27(19)41-28-24(8-4-14-31-28)25-12-15-32-29(34-25)33-21-6-5-16-35(18-21)30(37)38/h3-4,7-12,14-15,20-21H,5-6,13,16-18H2,1-2H3,(H,37,38)(H,32,33,34). The van der Waals surface area contributed by atoms with Crippen LogP contribution in [0, 0.1) is 6.92 Å². The van der Waals surface area contributed by atoms with Gasteiger partial charge in [0.15, 0.2) is 0 Å². The van der Waals surface area contributed by atoms with Gasteiger partial charge in [0.05, 0.1) is 22.2 Å². The molecule has 2 aliphatic rings. The molecular formula is C30H32N6O5S. The Hall–Kier alpha value is -4.45. The smallest absolute Gasteiger partial charge is 0.407 e. The molecule has 12 heteroatoms. The molecule has 0 spiro atoms. The maximum absolute atomic E-state index is 13.0. The highest BCUT2D eigenvalue weighted by atomic mass is 32.2. The first-order valence-electron chi connectivity index (χ1n) is 14.0. The molecule has 2 aromatic heterocycles. The molecule has 2 saturated heterocycles. The summed E-state index contributed by atoms with van der Waals surface area (Å²) in [6, 6.07) is 14.8. The normalized spacial score (nSPS) is 20.0. The van der Waals surface area contributed by atoms with E-state index in [1.165, 1.54) is 9.21 Å². The molecule has 11 nitrogen and oxygen atoms in total. The van der Waals surface area contributed by atoms with Crippen molar-refractivity contribution < 1.29 is 23.1 Å². The lowest BCUT2D eigenvalue weighted by atomic mass is 10.0. The second-order valence-electron chi connectivity index (χ2n) is 10.7. The number of nitrogens with zero attached hydrogens (tertiary/aromatic N) is 5. The molecule has 2 aromatic carbocycles. The van der Waals surface area contributed by atoms with E-state index in [2.05, 4.69) is 15.3 Å². The van der Waals surface area contributed by atoms with Crippen LogP contribution in [0.1, 0.15) is 31.7 Å². The molecule has 2 aliphatic heterocycles. The lowest BCUT2D eigenvalue weighted by Gasteiger charge is -2.31. The van der Waals surface area contributed by atoms with E-state index >= 15 is 0 Å². The minimum absolute atomic E-state index is 0.0929. The van der Waals surface area contributed by atoms with Gasteiger partial charge < -0.3 is 20.1 Å². The van der Waals surface area contributed by atoms with E-state index in [4.69, 9.17) is 9.72 Å². The number of aryl methyl sites for hydroxylation is 1. The summed E-state index contributed by atoms with van der Waals surface area (Å²) >= 11 is 0. The number of nitrogens with one attached hydrogen (secondary N) is 1. The Balaban J connectivity index is 1.33. The highest BCUT2D eigenvalue weighted by Gasteiger charge is 2.36. The van der Waals surface area contributed by atoms with Gasteiger partial charge in [-0.15, -0.1) is 0 Å². The topological polar surface area (TPSA) is 138 Å². The van der Waals surface area contributed by atoms with Crippen molar-refractivity contribution in [3.8, 4) is 22.9 Å². The van der Waals surface area contributed by atoms with Crippen LogP contribution in [-0.4, -0.2) is 70.4 Å². The second-order valence-corrected chi connectivity index (χ2v) is 13.0. The summed E-state index contributed by atoms with van der Waals surface area (Å²) in [5, 5.41) is 13.8. The Bertz CT molecular complexity index is 1760. The first kappa shape index (κ1) is 27.7. The van der Waals surface area contributed by atoms with E-state index < -0.39 is 21.4 Å². The van der Waals surface area contributed by atoms with Crippen LogP contribution in [0.25, 0.3) is 22.0 Å². The summed E-state index contributed by atoms with van der Waals surface area (Å²) in [4.78, 5) is 26.4. The molecule has 0 aliphatic carbocycles. The summed E-state index contributed by atoms with van der Waals surface area (Å²) in [5.41, 5.74) is 2.76. The van der Waals surface area contributed by atoms with Crippen molar-refractivity contribution in [3.05, 3.63) is 66.5 Å². The van der Waals surface area contributed by atoms with Gasteiger partial charge in [-0.3, -0.25) is 4.31 Å². The Labute approximate surface area is 244 Å². The van der Waals surface area contributed by atoms with E-state index in [0.29, 0.717) is 60.6 Å². The third-order valence-corrected chi connectivity index (χ3v) is 10.2. The maximum Gasteiger partial charge on any atom is 0.407 e. The molecular weight excluding hydrogens is 556 g/mol. The van der Waals surface area contributed by atoms with Crippen LogP contribution in [0.5, 0.6) is 11.6 Å². The molecule has 6 rings (SSSR count). The lowest BCUT2D eigenvalue weighted by Crippen LogP contribution is -2.44. The maximum atomic E-state index is 13.0. The van der Waals surface area contributed by atoms with Crippen molar-refractivity contribution in [2.75, 3.05) is 29.3 Å². The van der Waals surface area contributed by atoms with Gasteiger partial charge in [0, 0.05) is 48.8 Å². The van der Waals surface area contributed by atoms with Crippen molar-refractivity contribution in [3.63, 3.8) is 0 Å². The number of fused-ring (bicyclic) bond motifs is 1. The summed E-state index contributed by atoms with van der Waals surface area (Å²) < 4.78 is 34.0. The van der Waals surface area contributed by atoms with E-state index in [0.717, 1.165) is 29.2 Å². The summed E-state index contributed by atoms with van der Waals surface area (Å²) in [6.45, 7) is 5.01. The molecule has 2 fully saturated rings. The van der Waals surface area contributed by atoms with Crippen LogP contribution in [0.3, 0.4) is 0 Å². The number of rotatable bonds is 6. The summed E-state index contributed by atoms with van der Waals surface area (Å²) in [5.74, 6) is 1.33. The number of hydrogen-bond acceptors (Lipinski definition) is 8. The number of aromatic nitrogens is 3. The summed E-state index contributed by atoms with van der Waals surface area (Å²) in [6.07, 6.45) is 4.52. The van der Waals surface area contributed by atoms with Gasteiger partial charge in [-0.2, -0.15) is 0 Å². The molecule has 2 unspecified atom stereocenters. The van der Waals surface area contributed by atoms with Crippen molar-refractivity contribution in [1.29, 1.82) is 0 Å². The van der Waals surface area contributed by atoms with Crippen molar-refractivity contribution in [2.24, 2.45) is 0 Å². The number of hydrogen-bond donors (Lipinski definition) is 2. The number of amides is 1. The average molecular weight is 589 g/mol. The average Bonchev–Trinajstić information content (AvgIpc) is 3.26. The fourth-order valence-corrected chi connectivity index (χ4v) is 7.25. The molecule has 0 bridgehead atoms. The first-order valence-corrected chi connectivity index (χ1v) is 15.5. The summed E-state index contributed by atoms with van der Waals surface area (Å²) in [7, 11) is -3.43. The van der Waals surface area contributed by atoms with Crippen molar-refractivity contribution >= 4 is 38.5 Å². The van der Waals surface area contributed by atoms with Gasteiger partial charge in [0.25, 0.3) is 0 Å². The molecule has 4 aromatic rings. The fourth-order valence-electron chi connectivity index (χ4n) is 5.62. The lowest BCUT2D eigenvalue weighted by molar-refractivity contribution is 0.132. The van der Waals surface area contributed by atoms with Crippen molar-refractivity contribution in [1.82, 2.24) is 19.9 Å². The number of pyridine rings is 1. The van der Waals surface area contributed by atoms with Crippen LogP contribution >= 0.6 is 0 Å². The minimum atomic E-state index is -3.43. The van der Waals surface area contributed by atoms with Crippen LogP contribution in [0.2, 0.25) is 0 Å². The van der Waals surface area contributed by atoms with Gasteiger partial charge in [-0.1, -0.05) is 24.3 Å². The quantitative estimate of drug-likeness (QED) is 0.308. The van der Waals surface area contributed by atoms with Gasteiger partial charge in [0.2, 0.25) is 21.9 Å². The van der Waals surface area contributed by atoms with Crippen LogP contribution < -0.4 is 14.4 Å².